The van der Waals surface area contributed by atoms with Gasteiger partial charge in [-0.15, -0.1) is 0 Å². The second kappa shape index (κ2) is 6.40. The van der Waals surface area contributed by atoms with Crippen molar-refractivity contribution in [3.63, 3.8) is 0 Å². The number of furan rings is 1. The lowest BCUT2D eigenvalue weighted by Crippen LogP contribution is -2.27. The third-order valence-corrected chi connectivity index (χ3v) is 4.99. The molecule has 3 nitrogen and oxygen atoms in total. The number of halogens is 1. The predicted octanol–water partition coefficient (Wildman–Crippen LogP) is 5.01. The maximum absolute atomic E-state index is 12.6. The SMILES string of the molecule is CCc1ccc(N2C(=O)C(=Cc3ccc(Br)o3)SC2=S)cc1. The van der Waals surface area contributed by atoms with Crippen LogP contribution in [-0.2, 0) is 11.2 Å². The molecule has 1 fully saturated rings. The second-order valence-electron chi connectivity index (χ2n) is 4.68. The topological polar surface area (TPSA) is 33.5 Å². The number of hydrogen-bond acceptors (Lipinski definition) is 4. The minimum atomic E-state index is -0.119. The molecule has 1 aliphatic rings. The van der Waals surface area contributed by atoms with E-state index in [-0.39, 0.29) is 5.91 Å². The maximum Gasteiger partial charge on any atom is 0.270 e. The number of carbonyl (C=O) groups excluding carboxylic acids is 1. The summed E-state index contributed by atoms with van der Waals surface area (Å²) < 4.78 is 6.58. The fourth-order valence-corrected chi connectivity index (χ4v) is 3.70. The molecule has 6 heteroatoms. The predicted molar refractivity (Wildman–Crippen MR) is 97.9 cm³/mol. The van der Waals surface area contributed by atoms with Gasteiger partial charge in [0.2, 0.25) is 0 Å². The van der Waals surface area contributed by atoms with E-state index in [9.17, 15) is 4.79 Å². The van der Waals surface area contributed by atoms with Gasteiger partial charge in [0.25, 0.3) is 5.91 Å². The van der Waals surface area contributed by atoms with E-state index >= 15 is 0 Å². The summed E-state index contributed by atoms with van der Waals surface area (Å²) in [5.74, 6) is 0.500. The van der Waals surface area contributed by atoms with Gasteiger partial charge >= 0.3 is 0 Å². The smallest absolute Gasteiger partial charge is 0.270 e. The Labute approximate surface area is 146 Å². The van der Waals surface area contributed by atoms with Crippen LogP contribution in [0.4, 0.5) is 5.69 Å². The Hall–Kier alpha value is -1.37. The van der Waals surface area contributed by atoms with Crippen molar-refractivity contribution in [2.45, 2.75) is 13.3 Å². The molecule has 1 saturated heterocycles. The molecule has 2 aromatic rings. The Morgan fingerprint density at radius 3 is 2.59 bits per heavy atom. The molecule has 0 radical (unpaired) electrons. The molecule has 0 unspecified atom stereocenters. The quantitative estimate of drug-likeness (QED) is 0.541. The molecule has 22 heavy (non-hydrogen) atoms. The van der Waals surface area contributed by atoms with E-state index in [1.54, 1.807) is 23.1 Å². The van der Waals surface area contributed by atoms with Crippen LogP contribution in [0.2, 0.25) is 0 Å². The average molecular weight is 394 g/mol. The molecule has 2 heterocycles. The van der Waals surface area contributed by atoms with E-state index in [1.807, 2.05) is 24.3 Å². The fourth-order valence-electron chi connectivity index (χ4n) is 2.11. The van der Waals surface area contributed by atoms with Crippen LogP contribution in [0.25, 0.3) is 6.08 Å². The molecule has 0 N–H and O–H groups in total. The highest BCUT2D eigenvalue weighted by molar-refractivity contribution is 9.10. The Morgan fingerprint density at radius 1 is 1.27 bits per heavy atom. The molecule has 1 aromatic heterocycles. The summed E-state index contributed by atoms with van der Waals surface area (Å²) in [5, 5.41) is 0. The van der Waals surface area contributed by atoms with Gasteiger partial charge in [-0.25, -0.2) is 0 Å². The van der Waals surface area contributed by atoms with Crippen molar-refractivity contribution >= 4 is 61.9 Å². The first-order valence-corrected chi connectivity index (χ1v) is 8.72. The number of hydrogen-bond donors (Lipinski definition) is 0. The van der Waals surface area contributed by atoms with Gasteiger partial charge in [-0.2, -0.15) is 0 Å². The number of thiocarbonyl (C=S) groups is 1. The Kier molecular flexibility index (Phi) is 4.52. The molecule has 0 aliphatic carbocycles. The average Bonchev–Trinajstić information content (AvgIpc) is 3.03. The molecule has 3 rings (SSSR count). The molecule has 1 aliphatic heterocycles. The van der Waals surface area contributed by atoms with Crippen LogP contribution in [-0.4, -0.2) is 10.2 Å². The Morgan fingerprint density at radius 2 is 2.00 bits per heavy atom. The summed E-state index contributed by atoms with van der Waals surface area (Å²) in [4.78, 5) is 14.7. The molecule has 0 atom stereocenters. The standard InChI is InChI=1S/C16H12BrNO2S2/c1-2-10-3-5-11(6-4-10)18-15(19)13(22-16(18)21)9-12-7-8-14(17)20-12/h3-9H,2H2,1H3. The molecule has 0 saturated carbocycles. The van der Waals surface area contributed by atoms with Gasteiger partial charge in [0.15, 0.2) is 8.99 Å². The number of nitrogens with zero attached hydrogens (tertiary/aromatic N) is 1. The molecule has 1 aromatic carbocycles. The highest BCUT2D eigenvalue weighted by Crippen LogP contribution is 2.36. The first kappa shape index (κ1) is 15.5. The zero-order valence-corrected chi connectivity index (χ0v) is 14.9. The van der Waals surface area contributed by atoms with Crippen molar-refractivity contribution < 1.29 is 9.21 Å². The van der Waals surface area contributed by atoms with Gasteiger partial charge in [0, 0.05) is 6.08 Å². The zero-order valence-electron chi connectivity index (χ0n) is 11.7. The second-order valence-corrected chi connectivity index (χ2v) is 7.14. The molecule has 0 bridgehead atoms. The van der Waals surface area contributed by atoms with E-state index in [0.717, 1.165) is 12.1 Å². The third kappa shape index (κ3) is 3.04. The van der Waals surface area contributed by atoms with Crippen LogP contribution in [0.1, 0.15) is 18.2 Å². The van der Waals surface area contributed by atoms with Gasteiger partial charge in [-0.1, -0.05) is 43.0 Å². The summed E-state index contributed by atoms with van der Waals surface area (Å²) in [6, 6.07) is 11.5. The summed E-state index contributed by atoms with van der Waals surface area (Å²) in [5.41, 5.74) is 2.02. The fraction of sp³-hybridized carbons (Fsp3) is 0.125. The van der Waals surface area contributed by atoms with Gasteiger partial charge < -0.3 is 4.42 Å². The summed E-state index contributed by atoms with van der Waals surface area (Å²) in [6.45, 7) is 2.10. The normalized spacial score (nSPS) is 16.8. The van der Waals surface area contributed by atoms with Crippen molar-refractivity contribution in [2.24, 2.45) is 0 Å². The minimum Gasteiger partial charge on any atom is -0.450 e. The number of carbonyl (C=O) groups is 1. The van der Waals surface area contributed by atoms with Crippen LogP contribution in [0.15, 0.2) is 50.4 Å². The van der Waals surface area contributed by atoms with E-state index in [1.165, 1.54) is 17.3 Å². The zero-order chi connectivity index (χ0) is 15.7. The molecular formula is C16H12BrNO2S2. The minimum absolute atomic E-state index is 0.119. The van der Waals surface area contributed by atoms with E-state index in [0.29, 0.717) is 19.7 Å². The van der Waals surface area contributed by atoms with Gasteiger partial charge in [-0.3, -0.25) is 9.69 Å². The number of amides is 1. The summed E-state index contributed by atoms with van der Waals surface area (Å²) in [7, 11) is 0. The lowest BCUT2D eigenvalue weighted by atomic mass is 10.1. The molecular weight excluding hydrogens is 382 g/mol. The van der Waals surface area contributed by atoms with Crippen molar-refractivity contribution in [3.05, 3.63) is 57.3 Å². The highest BCUT2D eigenvalue weighted by atomic mass is 79.9. The summed E-state index contributed by atoms with van der Waals surface area (Å²) in [6.07, 6.45) is 2.68. The maximum atomic E-state index is 12.6. The Balaban J connectivity index is 1.89. The lowest BCUT2D eigenvalue weighted by Gasteiger charge is -2.14. The van der Waals surface area contributed by atoms with Crippen LogP contribution >= 0.6 is 39.9 Å². The number of aryl methyl sites for hydroxylation is 1. The van der Waals surface area contributed by atoms with E-state index < -0.39 is 0 Å². The van der Waals surface area contributed by atoms with Crippen molar-refractivity contribution in [1.82, 2.24) is 0 Å². The number of thioether (sulfide) groups is 1. The van der Waals surface area contributed by atoms with Crippen molar-refractivity contribution in [3.8, 4) is 0 Å². The van der Waals surface area contributed by atoms with Crippen LogP contribution in [0, 0.1) is 0 Å². The largest absolute Gasteiger partial charge is 0.450 e. The highest BCUT2D eigenvalue weighted by Gasteiger charge is 2.33. The van der Waals surface area contributed by atoms with Gasteiger partial charge in [-0.05, 0) is 52.2 Å². The van der Waals surface area contributed by atoms with Crippen LogP contribution < -0.4 is 4.90 Å². The number of benzene rings is 1. The molecule has 112 valence electrons. The van der Waals surface area contributed by atoms with E-state index in [4.69, 9.17) is 16.6 Å². The number of anilines is 1. The lowest BCUT2D eigenvalue weighted by molar-refractivity contribution is -0.113. The van der Waals surface area contributed by atoms with Gasteiger partial charge in [0.05, 0.1) is 10.6 Å². The summed E-state index contributed by atoms with van der Waals surface area (Å²) >= 11 is 9.88. The van der Waals surface area contributed by atoms with Crippen LogP contribution in [0.5, 0.6) is 0 Å². The van der Waals surface area contributed by atoms with E-state index in [2.05, 4.69) is 22.9 Å². The van der Waals surface area contributed by atoms with Crippen molar-refractivity contribution in [1.29, 1.82) is 0 Å². The van der Waals surface area contributed by atoms with Crippen LogP contribution in [0.3, 0.4) is 0 Å². The molecule has 0 spiro atoms. The number of rotatable bonds is 3. The first-order valence-electron chi connectivity index (χ1n) is 6.70. The first-order chi connectivity index (χ1) is 10.6. The Bertz CT molecular complexity index is 765. The monoisotopic (exact) mass is 393 g/mol. The third-order valence-electron chi connectivity index (χ3n) is 3.26. The van der Waals surface area contributed by atoms with Crippen molar-refractivity contribution in [2.75, 3.05) is 4.90 Å². The molecule has 1 amide bonds. The van der Waals surface area contributed by atoms with Gasteiger partial charge in [0.1, 0.15) is 5.76 Å².